The molecular weight excluding hydrogens is 248 g/mol. The van der Waals surface area contributed by atoms with Crippen molar-refractivity contribution < 1.29 is 4.43 Å². The second-order valence-corrected chi connectivity index (χ2v) is 11.3. The van der Waals surface area contributed by atoms with Crippen LogP contribution in [0.25, 0.3) is 0 Å². The zero-order valence-corrected chi connectivity index (χ0v) is 14.6. The lowest BCUT2D eigenvalue weighted by Crippen LogP contribution is -2.24. The molecule has 1 atom stereocenters. The average molecular weight is 281 g/mol. The summed E-state index contributed by atoms with van der Waals surface area (Å²) < 4.78 is 6.09. The van der Waals surface area contributed by atoms with Crippen LogP contribution in [0.2, 0.25) is 19.6 Å². The predicted octanol–water partition coefficient (Wildman–Crippen LogP) is 6.05. The minimum atomic E-state index is -1.41. The van der Waals surface area contributed by atoms with Crippen LogP contribution < -0.4 is 0 Å². The lowest BCUT2D eigenvalue weighted by atomic mass is 10.0. The maximum atomic E-state index is 6.09. The van der Waals surface area contributed by atoms with Gasteiger partial charge in [-0.25, -0.2) is 0 Å². The highest BCUT2D eigenvalue weighted by Crippen LogP contribution is 2.29. The van der Waals surface area contributed by atoms with Gasteiger partial charge in [-0.2, -0.15) is 0 Å². The van der Waals surface area contributed by atoms with Crippen LogP contribution in [0.15, 0.2) is 23.5 Å². The number of unbranched alkanes of at least 4 members (excludes halogenated alkanes) is 3. The Morgan fingerprint density at radius 2 is 2.05 bits per heavy atom. The van der Waals surface area contributed by atoms with Crippen LogP contribution in [0, 0.1) is 5.92 Å². The number of hydrogen-bond donors (Lipinski definition) is 0. The first-order valence-electron chi connectivity index (χ1n) is 7.97. The van der Waals surface area contributed by atoms with E-state index in [1.165, 1.54) is 44.3 Å². The molecule has 0 saturated heterocycles. The van der Waals surface area contributed by atoms with E-state index in [0.717, 1.165) is 6.42 Å². The Bertz CT molecular complexity index is 323. The van der Waals surface area contributed by atoms with Crippen LogP contribution in [0.3, 0.4) is 0 Å². The van der Waals surface area contributed by atoms with Gasteiger partial charge in [0.25, 0.3) is 0 Å². The average Bonchev–Trinajstić information content (AvgIpc) is 2.69. The Hall–Kier alpha value is -0.503. The van der Waals surface area contributed by atoms with Gasteiger partial charge >= 0.3 is 0 Å². The summed E-state index contributed by atoms with van der Waals surface area (Å²) in [5.41, 5.74) is 1.56. The largest absolute Gasteiger partial charge is 0.548 e. The first-order chi connectivity index (χ1) is 8.90. The van der Waals surface area contributed by atoms with Gasteiger partial charge in [0.15, 0.2) is 0 Å². The number of allylic oxidation sites excluding steroid dienone is 4. The van der Waals surface area contributed by atoms with E-state index >= 15 is 0 Å². The molecule has 0 bridgehead atoms. The van der Waals surface area contributed by atoms with Crippen molar-refractivity contribution in [2.45, 2.75) is 78.4 Å². The van der Waals surface area contributed by atoms with Gasteiger partial charge in [-0.15, -0.1) is 0 Å². The van der Waals surface area contributed by atoms with Crippen molar-refractivity contribution in [3.63, 3.8) is 0 Å². The SMILES string of the molecule is CCCCCC/C(C)=C/C1C=C(O[Si](C)(C)C)CC1. The van der Waals surface area contributed by atoms with E-state index in [0.29, 0.717) is 5.92 Å². The van der Waals surface area contributed by atoms with Gasteiger partial charge in [0, 0.05) is 6.42 Å². The van der Waals surface area contributed by atoms with E-state index in [4.69, 9.17) is 4.43 Å². The minimum absolute atomic E-state index is 0.623. The fourth-order valence-electron chi connectivity index (χ4n) is 2.60. The van der Waals surface area contributed by atoms with Crippen molar-refractivity contribution in [2.24, 2.45) is 5.92 Å². The van der Waals surface area contributed by atoms with Crippen LogP contribution >= 0.6 is 0 Å². The summed E-state index contributed by atoms with van der Waals surface area (Å²) in [5, 5.41) is 0. The van der Waals surface area contributed by atoms with Crippen LogP contribution in [0.4, 0.5) is 0 Å². The zero-order valence-electron chi connectivity index (χ0n) is 13.6. The zero-order chi connectivity index (χ0) is 14.3. The molecule has 1 aliphatic rings. The number of hydrogen-bond acceptors (Lipinski definition) is 1. The molecule has 0 aromatic heterocycles. The molecular formula is C17H32OSi. The molecule has 1 aliphatic carbocycles. The first-order valence-corrected chi connectivity index (χ1v) is 11.4. The smallest absolute Gasteiger partial charge is 0.241 e. The Balaban J connectivity index is 2.36. The predicted molar refractivity (Wildman–Crippen MR) is 87.8 cm³/mol. The molecule has 19 heavy (non-hydrogen) atoms. The highest BCUT2D eigenvalue weighted by atomic mass is 28.4. The van der Waals surface area contributed by atoms with Crippen molar-refractivity contribution >= 4 is 8.32 Å². The Morgan fingerprint density at radius 3 is 2.68 bits per heavy atom. The number of rotatable bonds is 8. The quantitative estimate of drug-likeness (QED) is 0.299. The molecule has 0 saturated carbocycles. The van der Waals surface area contributed by atoms with Gasteiger partial charge in [-0.1, -0.05) is 37.8 Å². The summed E-state index contributed by atoms with van der Waals surface area (Å²) in [6, 6.07) is 0. The third-order valence-corrected chi connectivity index (χ3v) is 4.36. The molecule has 1 rings (SSSR count). The van der Waals surface area contributed by atoms with Crippen molar-refractivity contribution in [1.29, 1.82) is 0 Å². The van der Waals surface area contributed by atoms with Crippen LogP contribution in [-0.2, 0) is 4.43 Å². The van der Waals surface area contributed by atoms with Gasteiger partial charge in [0.2, 0.25) is 8.32 Å². The van der Waals surface area contributed by atoms with Gasteiger partial charge in [0.05, 0.1) is 5.76 Å². The normalized spacial score (nSPS) is 20.6. The highest BCUT2D eigenvalue weighted by molar-refractivity contribution is 6.70. The molecule has 0 radical (unpaired) electrons. The van der Waals surface area contributed by atoms with Gasteiger partial charge in [-0.05, 0) is 57.8 Å². The van der Waals surface area contributed by atoms with Gasteiger partial charge in [0.1, 0.15) is 0 Å². The van der Waals surface area contributed by atoms with E-state index in [-0.39, 0.29) is 0 Å². The summed E-state index contributed by atoms with van der Waals surface area (Å²) in [6.45, 7) is 11.3. The van der Waals surface area contributed by atoms with E-state index in [2.05, 4.69) is 45.6 Å². The summed E-state index contributed by atoms with van der Waals surface area (Å²) in [5.74, 6) is 1.87. The fourth-order valence-corrected chi connectivity index (χ4v) is 3.56. The van der Waals surface area contributed by atoms with Crippen molar-refractivity contribution in [3.05, 3.63) is 23.5 Å². The second-order valence-electron chi connectivity index (χ2n) is 6.87. The van der Waals surface area contributed by atoms with Gasteiger partial charge in [-0.3, -0.25) is 0 Å². The Kier molecular flexibility index (Phi) is 6.91. The highest BCUT2D eigenvalue weighted by Gasteiger charge is 2.22. The molecule has 2 heteroatoms. The molecule has 0 aliphatic heterocycles. The lowest BCUT2D eigenvalue weighted by Gasteiger charge is -2.19. The summed E-state index contributed by atoms with van der Waals surface area (Å²) in [7, 11) is -1.41. The topological polar surface area (TPSA) is 9.23 Å². The molecule has 0 aromatic carbocycles. The Morgan fingerprint density at radius 1 is 1.32 bits per heavy atom. The molecule has 0 fully saturated rings. The molecule has 110 valence electrons. The molecule has 1 nitrogen and oxygen atoms in total. The van der Waals surface area contributed by atoms with Crippen molar-refractivity contribution in [1.82, 2.24) is 0 Å². The van der Waals surface area contributed by atoms with Crippen molar-refractivity contribution in [3.8, 4) is 0 Å². The molecule has 0 spiro atoms. The van der Waals surface area contributed by atoms with E-state index in [9.17, 15) is 0 Å². The summed E-state index contributed by atoms with van der Waals surface area (Å²) >= 11 is 0. The minimum Gasteiger partial charge on any atom is -0.548 e. The molecule has 1 unspecified atom stereocenters. The Labute approximate surface area is 121 Å². The first kappa shape index (κ1) is 16.6. The van der Waals surface area contributed by atoms with Crippen molar-refractivity contribution in [2.75, 3.05) is 0 Å². The molecule has 0 amide bonds. The summed E-state index contributed by atoms with van der Waals surface area (Å²) in [6.07, 6.45) is 13.9. The maximum Gasteiger partial charge on any atom is 0.241 e. The lowest BCUT2D eigenvalue weighted by molar-refractivity contribution is 0.407. The summed E-state index contributed by atoms with van der Waals surface area (Å²) in [4.78, 5) is 0. The molecule has 0 heterocycles. The van der Waals surface area contributed by atoms with Gasteiger partial charge < -0.3 is 4.43 Å². The third-order valence-electron chi connectivity index (χ3n) is 3.48. The van der Waals surface area contributed by atoms with E-state index in [1.807, 2.05) is 0 Å². The monoisotopic (exact) mass is 280 g/mol. The standard InChI is InChI=1S/C17H32OSi/c1-6-7-8-9-10-15(2)13-16-11-12-17(14-16)18-19(3,4)5/h13-14,16H,6-12H2,1-5H3/b15-13+. The van der Waals surface area contributed by atoms with E-state index < -0.39 is 8.32 Å². The second kappa shape index (κ2) is 7.93. The van der Waals surface area contributed by atoms with Crippen LogP contribution in [0.5, 0.6) is 0 Å². The van der Waals surface area contributed by atoms with E-state index in [1.54, 1.807) is 5.57 Å². The fraction of sp³-hybridized carbons (Fsp3) is 0.765. The molecule has 0 aromatic rings. The van der Waals surface area contributed by atoms with Crippen LogP contribution in [-0.4, -0.2) is 8.32 Å². The van der Waals surface area contributed by atoms with Crippen LogP contribution in [0.1, 0.15) is 58.8 Å². The third kappa shape index (κ3) is 7.61. The molecule has 0 N–H and O–H groups in total. The maximum absolute atomic E-state index is 6.09.